The largest absolute Gasteiger partial charge is 0.493 e. The van der Waals surface area contributed by atoms with Gasteiger partial charge in [-0.25, -0.2) is 0 Å². The van der Waals surface area contributed by atoms with Crippen LogP contribution in [-0.2, 0) is 11.3 Å². The lowest BCUT2D eigenvalue weighted by atomic mass is 10.1. The molecule has 120 valence electrons. The first-order chi connectivity index (χ1) is 10.3. The molecule has 0 spiro atoms. The average molecular weight is 315 g/mol. The topological polar surface area (TPSA) is 49.0 Å². The third kappa shape index (κ3) is 6.03. The molecule has 0 saturated heterocycles. The van der Waals surface area contributed by atoms with Gasteiger partial charge in [-0.2, -0.15) is 11.8 Å². The highest BCUT2D eigenvalue weighted by molar-refractivity contribution is 7.98. The number of hydrogen-bond donors (Lipinski definition) is 1. The molecule has 1 N–H and O–H groups in total. The van der Waals surface area contributed by atoms with E-state index in [4.69, 9.17) is 18.9 Å². The number of ether oxygens (including phenoxy) is 4. The number of nitrogens with one attached hydrogen (secondary N) is 1. The number of hydrogen-bond acceptors (Lipinski definition) is 6. The molecule has 0 amide bonds. The van der Waals surface area contributed by atoms with Crippen molar-refractivity contribution in [1.29, 1.82) is 0 Å². The van der Waals surface area contributed by atoms with Gasteiger partial charge in [0.1, 0.15) is 0 Å². The Kier molecular flexibility index (Phi) is 9.05. The minimum Gasteiger partial charge on any atom is -0.493 e. The van der Waals surface area contributed by atoms with Crippen molar-refractivity contribution in [3.8, 4) is 17.2 Å². The Hall–Kier alpha value is -1.11. The fourth-order valence-corrected chi connectivity index (χ4v) is 2.06. The first-order valence-corrected chi connectivity index (χ1v) is 8.22. The Bertz CT molecular complexity index is 390. The van der Waals surface area contributed by atoms with Crippen molar-refractivity contribution in [2.45, 2.75) is 6.54 Å². The van der Waals surface area contributed by atoms with Crippen LogP contribution in [0.15, 0.2) is 12.1 Å². The maximum absolute atomic E-state index is 5.78. The minimum absolute atomic E-state index is 0.624. The van der Waals surface area contributed by atoms with Crippen LogP contribution in [0, 0.1) is 0 Å². The highest BCUT2D eigenvalue weighted by Gasteiger charge is 2.14. The van der Waals surface area contributed by atoms with E-state index in [0.717, 1.165) is 24.4 Å². The van der Waals surface area contributed by atoms with Gasteiger partial charge < -0.3 is 24.3 Å². The van der Waals surface area contributed by atoms with Crippen molar-refractivity contribution in [3.63, 3.8) is 0 Å². The van der Waals surface area contributed by atoms with E-state index in [1.54, 1.807) is 33.1 Å². The summed E-state index contributed by atoms with van der Waals surface area (Å²) >= 11 is 1.74. The Morgan fingerprint density at radius 2 is 1.71 bits per heavy atom. The molecule has 0 aliphatic heterocycles. The molecule has 21 heavy (non-hydrogen) atoms. The van der Waals surface area contributed by atoms with Crippen molar-refractivity contribution in [2.24, 2.45) is 0 Å². The molecule has 1 rings (SSSR count). The summed E-state index contributed by atoms with van der Waals surface area (Å²) < 4.78 is 21.6. The van der Waals surface area contributed by atoms with Crippen LogP contribution in [0.1, 0.15) is 5.56 Å². The van der Waals surface area contributed by atoms with Crippen LogP contribution in [0.4, 0.5) is 0 Å². The second-order valence-electron chi connectivity index (χ2n) is 4.34. The Morgan fingerprint density at radius 1 is 1.05 bits per heavy atom. The number of thioether (sulfide) groups is 1. The third-order valence-corrected chi connectivity index (χ3v) is 3.44. The van der Waals surface area contributed by atoms with Gasteiger partial charge >= 0.3 is 0 Å². The van der Waals surface area contributed by atoms with E-state index in [-0.39, 0.29) is 0 Å². The second-order valence-corrected chi connectivity index (χ2v) is 5.33. The molecule has 0 aliphatic rings. The van der Waals surface area contributed by atoms with E-state index >= 15 is 0 Å². The van der Waals surface area contributed by atoms with Crippen LogP contribution < -0.4 is 19.5 Å². The van der Waals surface area contributed by atoms with Gasteiger partial charge in [-0.3, -0.25) is 0 Å². The third-order valence-electron chi connectivity index (χ3n) is 2.87. The van der Waals surface area contributed by atoms with Crippen molar-refractivity contribution < 1.29 is 18.9 Å². The molecule has 5 nitrogen and oxygen atoms in total. The zero-order valence-electron chi connectivity index (χ0n) is 13.2. The summed E-state index contributed by atoms with van der Waals surface area (Å²) in [5, 5.41) is 3.30. The van der Waals surface area contributed by atoms with Crippen molar-refractivity contribution in [2.75, 3.05) is 53.1 Å². The summed E-state index contributed by atoms with van der Waals surface area (Å²) in [5.74, 6) is 2.97. The van der Waals surface area contributed by atoms with Crippen LogP contribution in [0.25, 0.3) is 0 Å². The summed E-state index contributed by atoms with van der Waals surface area (Å²) in [7, 11) is 4.96. The smallest absolute Gasteiger partial charge is 0.203 e. The molecule has 1 aromatic carbocycles. The fraction of sp³-hybridized carbons (Fsp3) is 0.600. The summed E-state index contributed by atoms with van der Waals surface area (Å²) in [6, 6.07) is 3.94. The molecule has 0 aromatic heterocycles. The molecule has 0 fully saturated rings. The standard InChI is InChI=1S/C15H25NO4S/c1-17-6-5-16-11-12-9-13(18-2)15(14(10-12)19-3)20-7-8-21-4/h9-10,16H,5-8,11H2,1-4H3. The van der Waals surface area contributed by atoms with Gasteiger partial charge in [0.25, 0.3) is 0 Å². The molecule has 0 aliphatic carbocycles. The predicted octanol–water partition coefficient (Wildman–Crippen LogP) is 2.18. The molecule has 6 heteroatoms. The molecule has 1 aromatic rings. The number of methoxy groups -OCH3 is 3. The van der Waals surface area contributed by atoms with Gasteiger partial charge in [0, 0.05) is 26.0 Å². The van der Waals surface area contributed by atoms with E-state index < -0.39 is 0 Å². The Morgan fingerprint density at radius 3 is 2.24 bits per heavy atom. The zero-order valence-corrected chi connectivity index (χ0v) is 14.0. The Balaban J connectivity index is 2.79. The van der Waals surface area contributed by atoms with E-state index in [1.807, 2.05) is 18.4 Å². The van der Waals surface area contributed by atoms with E-state index in [0.29, 0.717) is 30.5 Å². The molecule has 0 bridgehead atoms. The van der Waals surface area contributed by atoms with Crippen molar-refractivity contribution in [3.05, 3.63) is 17.7 Å². The van der Waals surface area contributed by atoms with Crippen molar-refractivity contribution >= 4 is 11.8 Å². The lowest BCUT2D eigenvalue weighted by Crippen LogP contribution is -2.18. The van der Waals surface area contributed by atoms with E-state index in [9.17, 15) is 0 Å². The first-order valence-electron chi connectivity index (χ1n) is 6.83. The van der Waals surface area contributed by atoms with Crippen LogP contribution >= 0.6 is 11.8 Å². The van der Waals surface area contributed by atoms with Crippen LogP contribution in [-0.4, -0.2) is 53.1 Å². The van der Waals surface area contributed by atoms with Gasteiger partial charge in [0.15, 0.2) is 11.5 Å². The summed E-state index contributed by atoms with van der Waals surface area (Å²) in [6.07, 6.45) is 2.05. The zero-order chi connectivity index (χ0) is 15.5. The van der Waals surface area contributed by atoms with Gasteiger partial charge in [0.2, 0.25) is 5.75 Å². The molecular formula is C15H25NO4S. The van der Waals surface area contributed by atoms with Gasteiger partial charge in [-0.15, -0.1) is 0 Å². The minimum atomic E-state index is 0.624. The quantitative estimate of drug-likeness (QED) is 0.632. The summed E-state index contributed by atoms with van der Waals surface area (Å²) in [6.45, 7) is 2.83. The normalized spacial score (nSPS) is 10.5. The van der Waals surface area contributed by atoms with Crippen LogP contribution in [0.5, 0.6) is 17.2 Å². The molecule has 0 heterocycles. The highest BCUT2D eigenvalue weighted by atomic mass is 32.2. The summed E-state index contributed by atoms with van der Waals surface area (Å²) in [5.41, 5.74) is 1.08. The second kappa shape index (κ2) is 10.6. The summed E-state index contributed by atoms with van der Waals surface area (Å²) in [4.78, 5) is 0. The molecule has 0 radical (unpaired) electrons. The van der Waals surface area contributed by atoms with Crippen LogP contribution in [0.3, 0.4) is 0 Å². The number of benzene rings is 1. The van der Waals surface area contributed by atoms with E-state index in [1.165, 1.54) is 0 Å². The number of rotatable bonds is 11. The molecule has 0 saturated carbocycles. The fourth-order valence-electron chi connectivity index (χ4n) is 1.81. The lowest BCUT2D eigenvalue weighted by molar-refractivity contribution is 0.199. The average Bonchev–Trinajstić information content (AvgIpc) is 2.52. The van der Waals surface area contributed by atoms with Gasteiger partial charge in [-0.1, -0.05) is 0 Å². The van der Waals surface area contributed by atoms with Crippen LogP contribution in [0.2, 0.25) is 0 Å². The monoisotopic (exact) mass is 315 g/mol. The first kappa shape index (κ1) is 17.9. The Labute approximate surface area is 131 Å². The molecule has 0 unspecified atom stereocenters. The molecule has 0 atom stereocenters. The van der Waals surface area contributed by atoms with E-state index in [2.05, 4.69) is 5.32 Å². The van der Waals surface area contributed by atoms with Gasteiger partial charge in [0.05, 0.1) is 27.4 Å². The maximum Gasteiger partial charge on any atom is 0.203 e. The maximum atomic E-state index is 5.78. The SMILES string of the molecule is COCCNCc1cc(OC)c(OCCSC)c(OC)c1. The molecular weight excluding hydrogens is 290 g/mol. The van der Waals surface area contributed by atoms with Gasteiger partial charge in [-0.05, 0) is 24.0 Å². The highest BCUT2D eigenvalue weighted by Crippen LogP contribution is 2.38. The lowest BCUT2D eigenvalue weighted by Gasteiger charge is -2.16. The predicted molar refractivity (Wildman–Crippen MR) is 87.0 cm³/mol. The van der Waals surface area contributed by atoms with Crippen molar-refractivity contribution in [1.82, 2.24) is 5.32 Å².